The molecule has 1 nitrogen and oxygen atoms in total. The molecule has 19 heavy (non-hydrogen) atoms. The van der Waals surface area contributed by atoms with E-state index in [0.717, 1.165) is 0 Å². The lowest BCUT2D eigenvalue weighted by atomic mass is 10.1. The van der Waals surface area contributed by atoms with Crippen molar-refractivity contribution in [3.05, 3.63) is 63.4 Å². The van der Waals surface area contributed by atoms with E-state index in [-0.39, 0.29) is 12.2 Å². The molecular weight excluding hydrogens is 319 g/mol. The summed E-state index contributed by atoms with van der Waals surface area (Å²) in [5.41, 5.74) is 0.424. The molecule has 0 unspecified atom stereocenters. The molecule has 0 spiro atoms. The zero-order valence-corrected chi connectivity index (χ0v) is 11.7. The number of hydrogen-bond acceptors (Lipinski definition) is 1. The Morgan fingerprint density at radius 1 is 1.05 bits per heavy atom. The van der Waals surface area contributed by atoms with Crippen LogP contribution in [0.5, 0.6) is 0 Å². The van der Waals surface area contributed by atoms with Gasteiger partial charge in [-0.15, -0.1) is 0 Å². The van der Waals surface area contributed by atoms with Crippen LogP contribution in [-0.4, -0.2) is 0 Å². The zero-order chi connectivity index (χ0) is 14.0. The van der Waals surface area contributed by atoms with Crippen molar-refractivity contribution in [1.82, 2.24) is 0 Å². The first-order valence-electron chi connectivity index (χ1n) is 5.61. The van der Waals surface area contributed by atoms with Crippen LogP contribution in [0.1, 0.15) is 11.1 Å². The van der Waals surface area contributed by atoms with Crippen molar-refractivity contribution in [2.24, 2.45) is 0 Å². The number of rotatable bonds is 3. The average Bonchev–Trinajstić information content (AvgIpc) is 2.38. The minimum Gasteiger partial charge on any atom is -0.376 e. The molecule has 0 aliphatic heterocycles. The minimum atomic E-state index is -0.696. The molecule has 2 aromatic carbocycles. The molecule has 0 radical (unpaired) electrons. The first-order chi connectivity index (χ1) is 8.99. The lowest BCUT2D eigenvalue weighted by molar-refractivity contribution is 0.580. The first kappa shape index (κ1) is 13.9. The Bertz CT molecular complexity index is 614. The van der Waals surface area contributed by atoms with Crippen molar-refractivity contribution < 1.29 is 13.2 Å². The van der Waals surface area contributed by atoms with Crippen molar-refractivity contribution in [3.63, 3.8) is 0 Å². The van der Waals surface area contributed by atoms with E-state index < -0.39 is 17.5 Å². The zero-order valence-electron chi connectivity index (χ0n) is 10.1. The van der Waals surface area contributed by atoms with Crippen LogP contribution in [-0.2, 0) is 6.54 Å². The normalized spacial score (nSPS) is 10.6. The molecule has 0 bridgehead atoms. The van der Waals surface area contributed by atoms with Crippen LogP contribution in [0.15, 0.2) is 34.8 Å². The highest BCUT2D eigenvalue weighted by Gasteiger charge is 2.12. The molecule has 2 aromatic rings. The Hall–Kier alpha value is -1.49. The predicted molar refractivity (Wildman–Crippen MR) is 72.5 cm³/mol. The van der Waals surface area contributed by atoms with Gasteiger partial charge in [0.2, 0.25) is 0 Å². The van der Waals surface area contributed by atoms with Gasteiger partial charge in [0.1, 0.15) is 17.3 Å². The summed E-state index contributed by atoms with van der Waals surface area (Å²) in [5.74, 6) is -1.78. The van der Waals surface area contributed by atoms with Gasteiger partial charge in [0.05, 0.1) is 0 Å². The average molecular weight is 330 g/mol. The van der Waals surface area contributed by atoms with E-state index in [0.29, 0.717) is 15.6 Å². The van der Waals surface area contributed by atoms with Crippen molar-refractivity contribution in [3.8, 4) is 0 Å². The Kier molecular flexibility index (Phi) is 4.14. The number of anilines is 1. The summed E-state index contributed by atoms with van der Waals surface area (Å²) in [4.78, 5) is 0. The third-order valence-corrected chi connectivity index (χ3v) is 3.24. The van der Waals surface area contributed by atoms with Crippen LogP contribution in [0, 0.1) is 24.4 Å². The third kappa shape index (κ3) is 3.10. The van der Waals surface area contributed by atoms with Crippen molar-refractivity contribution in [2.75, 3.05) is 5.32 Å². The summed E-state index contributed by atoms with van der Waals surface area (Å²) in [7, 11) is 0. The second-order valence-electron chi connectivity index (χ2n) is 4.14. The summed E-state index contributed by atoms with van der Waals surface area (Å²) >= 11 is 3.22. The van der Waals surface area contributed by atoms with E-state index in [2.05, 4.69) is 21.2 Å². The number of aryl methyl sites for hydroxylation is 1. The van der Waals surface area contributed by atoms with Crippen LogP contribution >= 0.6 is 15.9 Å². The summed E-state index contributed by atoms with van der Waals surface area (Å²) in [5, 5.41) is 2.60. The Morgan fingerprint density at radius 3 is 2.47 bits per heavy atom. The van der Waals surface area contributed by atoms with E-state index in [4.69, 9.17) is 0 Å². The highest BCUT2D eigenvalue weighted by Crippen LogP contribution is 2.23. The monoisotopic (exact) mass is 329 g/mol. The summed E-state index contributed by atoms with van der Waals surface area (Å²) < 4.78 is 41.5. The van der Waals surface area contributed by atoms with Gasteiger partial charge in [-0.2, -0.15) is 0 Å². The van der Waals surface area contributed by atoms with Crippen LogP contribution in [0.3, 0.4) is 0 Å². The molecule has 0 aliphatic rings. The molecular formula is C14H11BrF3N. The van der Waals surface area contributed by atoms with Crippen LogP contribution in [0.25, 0.3) is 0 Å². The van der Waals surface area contributed by atoms with Crippen LogP contribution < -0.4 is 5.32 Å². The summed E-state index contributed by atoms with van der Waals surface area (Å²) in [6, 6.07) is 6.96. The van der Waals surface area contributed by atoms with Gasteiger partial charge < -0.3 is 5.32 Å². The van der Waals surface area contributed by atoms with Crippen molar-refractivity contribution >= 4 is 21.6 Å². The number of halogens is 4. The van der Waals surface area contributed by atoms with Gasteiger partial charge in [-0.1, -0.05) is 22.0 Å². The van der Waals surface area contributed by atoms with Gasteiger partial charge in [-0.25, -0.2) is 13.2 Å². The van der Waals surface area contributed by atoms with Gasteiger partial charge in [0, 0.05) is 16.6 Å². The molecule has 0 amide bonds. The highest BCUT2D eigenvalue weighted by atomic mass is 79.9. The van der Waals surface area contributed by atoms with E-state index in [1.54, 1.807) is 19.1 Å². The molecule has 2 rings (SSSR count). The summed E-state index contributed by atoms with van der Waals surface area (Å²) in [6.45, 7) is 1.54. The van der Waals surface area contributed by atoms with Crippen LogP contribution in [0.4, 0.5) is 18.9 Å². The second kappa shape index (κ2) is 5.65. The smallest absolute Gasteiger partial charge is 0.152 e. The Balaban J connectivity index is 2.24. The van der Waals surface area contributed by atoms with E-state index >= 15 is 0 Å². The molecule has 0 heterocycles. The van der Waals surface area contributed by atoms with E-state index in [9.17, 15) is 13.2 Å². The molecule has 0 fully saturated rings. The molecule has 0 aromatic heterocycles. The molecule has 0 saturated carbocycles. The summed E-state index contributed by atoms with van der Waals surface area (Å²) in [6.07, 6.45) is 0. The maximum atomic E-state index is 13.7. The lowest BCUT2D eigenvalue weighted by Crippen LogP contribution is -2.06. The van der Waals surface area contributed by atoms with Crippen molar-refractivity contribution in [2.45, 2.75) is 13.5 Å². The fraction of sp³-hybridized carbons (Fsp3) is 0.143. The topological polar surface area (TPSA) is 12.0 Å². The molecule has 100 valence electrons. The van der Waals surface area contributed by atoms with Gasteiger partial charge in [0.25, 0.3) is 0 Å². The SMILES string of the molecule is Cc1ccc(F)c(NCc2cc(Br)ccc2F)c1F. The number of nitrogens with one attached hydrogen (secondary N) is 1. The van der Waals surface area contributed by atoms with Crippen LogP contribution in [0.2, 0.25) is 0 Å². The molecule has 5 heteroatoms. The molecule has 0 aliphatic carbocycles. The lowest BCUT2D eigenvalue weighted by Gasteiger charge is -2.11. The standard InChI is InChI=1S/C14H11BrF3N/c1-8-2-4-12(17)14(13(8)18)19-7-9-6-10(15)3-5-11(9)16/h2-6,19H,7H2,1H3. The van der Waals surface area contributed by atoms with Gasteiger partial charge in [-0.05, 0) is 36.8 Å². The third-order valence-electron chi connectivity index (χ3n) is 2.75. The highest BCUT2D eigenvalue weighted by molar-refractivity contribution is 9.10. The molecule has 0 atom stereocenters. The Morgan fingerprint density at radius 2 is 1.74 bits per heavy atom. The second-order valence-corrected chi connectivity index (χ2v) is 5.06. The maximum Gasteiger partial charge on any atom is 0.152 e. The van der Waals surface area contributed by atoms with E-state index in [1.165, 1.54) is 18.2 Å². The number of hydrogen-bond donors (Lipinski definition) is 1. The largest absolute Gasteiger partial charge is 0.376 e. The van der Waals surface area contributed by atoms with Crippen molar-refractivity contribution in [1.29, 1.82) is 0 Å². The van der Waals surface area contributed by atoms with Gasteiger partial charge >= 0.3 is 0 Å². The molecule has 0 saturated heterocycles. The van der Waals surface area contributed by atoms with E-state index in [1.807, 2.05) is 0 Å². The minimum absolute atomic E-state index is 0.00255. The molecule has 1 N–H and O–H groups in total. The quantitative estimate of drug-likeness (QED) is 0.853. The fourth-order valence-electron chi connectivity index (χ4n) is 1.68. The Labute approximate surface area is 117 Å². The van der Waals surface area contributed by atoms with Gasteiger partial charge in [-0.3, -0.25) is 0 Å². The first-order valence-corrected chi connectivity index (χ1v) is 6.40. The number of benzene rings is 2. The fourth-order valence-corrected chi connectivity index (χ4v) is 2.09. The maximum absolute atomic E-state index is 13.7. The van der Waals surface area contributed by atoms with Gasteiger partial charge in [0.15, 0.2) is 5.82 Å². The predicted octanol–water partition coefficient (Wildman–Crippen LogP) is 4.79.